The van der Waals surface area contributed by atoms with Gasteiger partial charge < -0.3 is 24.6 Å². The van der Waals surface area contributed by atoms with E-state index in [0.717, 1.165) is 77.0 Å². The fourth-order valence-electron chi connectivity index (χ4n) is 5.04. The van der Waals surface area contributed by atoms with Crippen molar-refractivity contribution in [3.05, 3.63) is 24.3 Å². The predicted octanol–water partition coefficient (Wildman–Crippen LogP) is 9.44. The van der Waals surface area contributed by atoms with Crippen molar-refractivity contribution in [2.24, 2.45) is 0 Å². The van der Waals surface area contributed by atoms with Crippen LogP contribution in [0.2, 0.25) is 0 Å². The summed E-state index contributed by atoms with van der Waals surface area (Å²) in [4.78, 5) is 34.8. The maximum atomic E-state index is 12.5. The van der Waals surface area contributed by atoms with Crippen molar-refractivity contribution >= 4 is 19.8 Å². The minimum absolute atomic E-state index is 0.173. The quantitative estimate of drug-likeness (QED) is 0.0248. The van der Waals surface area contributed by atoms with Crippen LogP contribution in [0.5, 0.6) is 0 Å². The number of unbranched alkanes of at least 4 members (excludes halogenated alkanes) is 18. The van der Waals surface area contributed by atoms with Gasteiger partial charge in [-0.2, -0.15) is 0 Å². The van der Waals surface area contributed by atoms with Crippen molar-refractivity contribution in [2.45, 2.75) is 180 Å². The Morgan fingerprint density at radius 3 is 1.47 bits per heavy atom. The molecule has 3 atom stereocenters. The van der Waals surface area contributed by atoms with Crippen LogP contribution in [0.4, 0.5) is 0 Å². The molecule has 0 aromatic heterocycles. The largest absolute Gasteiger partial charge is 0.472 e. The maximum Gasteiger partial charge on any atom is 0.472 e. The number of carbonyl (C=O) groups is 2. The number of allylic oxidation sites excluding steroid dienone is 4. The number of aliphatic hydroxyl groups excluding tert-OH is 2. The molecule has 0 aromatic carbocycles. The van der Waals surface area contributed by atoms with Gasteiger partial charge in [0, 0.05) is 12.8 Å². The third-order valence-electron chi connectivity index (χ3n) is 8.08. The fraction of sp³-hybridized carbons (Fsp3) is 0.842. The number of hydrogen-bond donors (Lipinski definition) is 3. The van der Waals surface area contributed by atoms with Gasteiger partial charge in [0.25, 0.3) is 0 Å². The second-order valence-electron chi connectivity index (χ2n) is 12.9. The Balaban J connectivity index is 4.39. The van der Waals surface area contributed by atoms with Crippen molar-refractivity contribution in [1.29, 1.82) is 0 Å². The summed E-state index contributed by atoms with van der Waals surface area (Å²) in [7, 11) is -4.61. The Morgan fingerprint density at radius 1 is 0.592 bits per heavy atom. The number of phosphoric ester groups is 1. The highest BCUT2D eigenvalue weighted by molar-refractivity contribution is 7.47. The van der Waals surface area contributed by atoms with Gasteiger partial charge in [0.1, 0.15) is 12.7 Å². The third kappa shape index (κ3) is 34.7. The average Bonchev–Trinajstić information content (AvgIpc) is 3.09. The van der Waals surface area contributed by atoms with Crippen molar-refractivity contribution in [3.8, 4) is 0 Å². The van der Waals surface area contributed by atoms with Crippen LogP contribution in [0.1, 0.15) is 168 Å². The van der Waals surface area contributed by atoms with Gasteiger partial charge >= 0.3 is 19.8 Å². The van der Waals surface area contributed by atoms with Crippen molar-refractivity contribution in [2.75, 3.05) is 26.4 Å². The zero-order valence-corrected chi connectivity index (χ0v) is 31.8. The molecule has 3 N–H and O–H groups in total. The van der Waals surface area contributed by atoms with Crippen LogP contribution in [0, 0.1) is 0 Å². The lowest BCUT2D eigenvalue weighted by atomic mass is 10.1. The Bertz CT molecular complexity index is 879. The van der Waals surface area contributed by atoms with Crippen LogP contribution in [0.15, 0.2) is 24.3 Å². The molecule has 0 saturated heterocycles. The lowest BCUT2D eigenvalue weighted by molar-refractivity contribution is -0.161. The van der Waals surface area contributed by atoms with Gasteiger partial charge in [0.15, 0.2) is 6.10 Å². The molecule has 11 heteroatoms. The Morgan fingerprint density at radius 2 is 1.00 bits per heavy atom. The third-order valence-corrected chi connectivity index (χ3v) is 9.03. The number of aliphatic hydroxyl groups is 2. The van der Waals surface area contributed by atoms with E-state index in [2.05, 4.69) is 42.7 Å². The SMILES string of the molecule is CCCCCC/C=C\CCCCCCCC(=O)OCC(COP(=O)(O)OCC(O)CO)OC(=O)CCCCCCC/C=C\CCCCCC. The van der Waals surface area contributed by atoms with Crippen LogP contribution in [0.3, 0.4) is 0 Å². The van der Waals surface area contributed by atoms with E-state index in [1.807, 2.05) is 0 Å². The normalized spacial score (nSPS) is 14.3. The summed E-state index contributed by atoms with van der Waals surface area (Å²) in [6, 6.07) is 0. The number of phosphoric acid groups is 1. The Hall–Kier alpha value is -1.55. The first-order valence-electron chi connectivity index (χ1n) is 19.3. The van der Waals surface area contributed by atoms with E-state index >= 15 is 0 Å². The molecule has 0 radical (unpaired) electrons. The van der Waals surface area contributed by atoms with Gasteiger partial charge in [-0.15, -0.1) is 0 Å². The summed E-state index contributed by atoms with van der Waals surface area (Å²) in [5.41, 5.74) is 0. The van der Waals surface area contributed by atoms with E-state index in [-0.39, 0.29) is 19.4 Å². The smallest absolute Gasteiger partial charge is 0.462 e. The summed E-state index contributed by atoms with van der Waals surface area (Å²) < 4.78 is 32.6. The number of rotatable bonds is 36. The summed E-state index contributed by atoms with van der Waals surface area (Å²) in [6.07, 6.45) is 31.4. The highest BCUT2D eigenvalue weighted by Gasteiger charge is 2.27. The van der Waals surface area contributed by atoms with E-state index in [4.69, 9.17) is 19.1 Å². The first-order valence-corrected chi connectivity index (χ1v) is 20.8. The van der Waals surface area contributed by atoms with Gasteiger partial charge in [-0.25, -0.2) is 4.57 Å². The highest BCUT2D eigenvalue weighted by atomic mass is 31.2. The van der Waals surface area contributed by atoms with Gasteiger partial charge in [-0.3, -0.25) is 18.6 Å². The van der Waals surface area contributed by atoms with Crippen molar-refractivity contribution in [3.63, 3.8) is 0 Å². The summed E-state index contributed by atoms with van der Waals surface area (Å²) in [5, 5.41) is 18.3. The molecule has 0 spiro atoms. The Kier molecular flexibility index (Phi) is 33.8. The minimum Gasteiger partial charge on any atom is -0.462 e. The van der Waals surface area contributed by atoms with Crippen LogP contribution < -0.4 is 0 Å². The molecule has 0 amide bonds. The molecule has 0 bridgehead atoms. The molecular weight excluding hydrogens is 647 g/mol. The van der Waals surface area contributed by atoms with Crippen LogP contribution in [0.25, 0.3) is 0 Å². The molecule has 3 unspecified atom stereocenters. The van der Waals surface area contributed by atoms with Crippen molar-refractivity contribution < 1.29 is 47.8 Å². The molecule has 0 fully saturated rings. The standard InChI is InChI=1S/C38H71O10P/c1-3-5-7-9-11-13-15-17-19-21-23-25-27-29-37(41)45-33-36(34-47-49(43,44)46-32-35(40)31-39)48-38(42)30-28-26-24-22-20-18-16-14-12-10-8-6-4-2/h13-16,35-36,39-40H,3-12,17-34H2,1-2H3,(H,43,44)/b15-13-,16-14-. The van der Waals surface area contributed by atoms with Gasteiger partial charge in [-0.1, -0.05) is 115 Å². The molecule has 0 aliphatic rings. The van der Waals surface area contributed by atoms with Gasteiger partial charge in [-0.05, 0) is 64.2 Å². The zero-order chi connectivity index (χ0) is 36.3. The molecule has 10 nitrogen and oxygen atoms in total. The lowest BCUT2D eigenvalue weighted by Crippen LogP contribution is -2.29. The van der Waals surface area contributed by atoms with E-state index in [1.54, 1.807) is 0 Å². The first kappa shape index (κ1) is 47.4. The monoisotopic (exact) mass is 718 g/mol. The van der Waals surface area contributed by atoms with Crippen LogP contribution >= 0.6 is 7.82 Å². The zero-order valence-electron chi connectivity index (χ0n) is 30.9. The van der Waals surface area contributed by atoms with E-state index < -0.39 is 51.8 Å². The molecule has 49 heavy (non-hydrogen) atoms. The second-order valence-corrected chi connectivity index (χ2v) is 14.4. The number of hydrogen-bond acceptors (Lipinski definition) is 9. The average molecular weight is 719 g/mol. The van der Waals surface area contributed by atoms with E-state index in [0.29, 0.717) is 12.8 Å². The van der Waals surface area contributed by atoms with Gasteiger partial charge in [0.2, 0.25) is 0 Å². The molecule has 0 aromatic rings. The van der Waals surface area contributed by atoms with Crippen LogP contribution in [-0.2, 0) is 32.7 Å². The molecule has 0 aliphatic carbocycles. The van der Waals surface area contributed by atoms with Crippen LogP contribution in [-0.4, -0.2) is 65.7 Å². The number of esters is 2. The van der Waals surface area contributed by atoms with Gasteiger partial charge in [0.05, 0.1) is 19.8 Å². The molecular formula is C38H71O10P. The minimum atomic E-state index is -4.61. The topological polar surface area (TPSA) is 149 Å². The molecule has 0 heterocycles. The fourth-order valence-corrected chi connectivity index (χ4v) is 5.83. The molecule has 0 rings (SSSR count). The predicted molar refractivity (Wildman–Crippen MR) is 196 cm³/mol. The van der Waals surface area contributed by atoms with E-state index in [1.165, 1.54) is 51.4 Å². The lowest BCUT2D eigenvalue weighted by Gasteiger charge is -2.20. The van der Waals surface area contributed by atoms with Crippen molar-refractivity contribution in [1.82, 2.24) is 0 Å². The summed E-state index contributed by atoms with van der Waals surface area (Å²) >= 11 is 0. The second kappa shape index (κ2) is 34.9. The number of carbonyl (C=O) groups excluding carboxylic acids is 2. The Labute approximate surface area is 298 Å². The highest BCUT2D eigenvalue weighted by Crippen LogP contribution is 2.43. The maximum absolute atomic E-state index is 12.5. The van der Waals surface area contributed by atoms with E-state index in [9.17, 15) is 24.2 Å². The molecule has 288 valence electrons. The summed E-state index contributed by atoms with van der Waals surface area (Å²) in [6.45, 7) is 2.31. The molecule has 0 saturated carbocycles. The number of ether oxygens (including phenoxy) is 2. The summed E-state index contributed by atoms with van der Waals surface area (Å²) in [5.74, 6) is -0.945. The first-order chi connectivity index (χ1) is 23.7. The molecule has 0 aliphatic heterocycles.